The summed E-state index contributed by atoms with van der Waals surface area (Å²) in [6, 6.07) is 14.1. The van der Waals surface area contributed by atoms with E-state index in [1.54, 1.807) is 12.3 Å². The first-order chi connectivity index (χ1) is 14.4. The number of primary amides is 1. The van der Waals surface area contributed by atoms with Crippen LogP contribution in [0.15, 0.2) is 61.4 Å². The molecular weight excluding hydrogens is 374 g/mol. The summed E-state index contributed by atoms with van der Waals surface area (Å²) in [7, 11) is 6.10. The first-order valence-corrected chi connectivity index (χ1v) is 9.96. The van der Waals surface area contributed by atoms with Crippen LogP contribution in [0.3, 0.4) is 0 Å². The molecule has 0 bridgehead atoms. The second-order valence-corrected chi connectivity index (χ2v) is 8.09. The number of aromatic nitrogens is 2. The van der Waals surface area contributed by atoms with Crippen molar-refractivity contribution >= 4 is 17.2 Å². The monoisotopic (exact) mass is 401 g/mol. The molecule has 3 aromatic rings. The molecule has 2 aromatic carbocycles. The molecule has 0 saturated heterocycles. The van der Waals surface area contributed by atoms with Crippen LogP contribution in [-0.4, -0.2) is 34.5 Å². The van der Waals surface area contributed by atoms with Crippen LogP contribution < -0.4 is 11.1 Å². The average Bonchev–Trinajstić information content (AvgIpc) is 3.13. The molecule has 1 aliphatic rings. The van der Waals surface area contributed by atoms with E-state index in [1.807, 2.05) is 29.9 Å². The summed E-state index contributed by atoms with van der Waals surface area (Å²) < 4.78 is 2.00. The van der Waals surface area contributed by atoms with Crippen LogP contribution >= 0.6 is 0 Å². The zero-order valence-electron chi connectivity index (χ0n) is 17.6. The summed E-state index contributed by atoms with van der Waals surface area (Å²) >= 11 is 0. The van der Waals surface area contributed by atoms with Crippen LogP contribution in [0.4, 0.5) is 5.69 Å². The second-order valence-electron chi connectivity index (χ2n) is 8.09. The Morgan fingerprint density at radius 3 is 2.57 bits per heavy atom. The number of nitrogens with zero attached hydrogens (tertiary/aromatic N) is 3. The average molecular weight is 402 g/mol. The zero-order valence-corrected chi connectivity index (χ0v) is 17.6. The fraction of sp³-hybridized carbons (Fsp3) is 0.250. The Morgan fingerprint density at radius 1 is 1.23 bits per heavy atom. The lowest BCUT2D eigenvalue weighted by Gasteiger charge is -2.37. The molecule has 1 amide bonds. The Morgan fingerprint density at radius 2 is 1.97 bits per heavy atom. The van der Waals surface area contributed by atoms with Gasteiger partial charge in [-0.25, -0.2) is 4.98 Å². The third-order valence-electron chi connectivity index (χ3n) is 5.65. The van der Waals surface area contributed by atoms with Gasteiger partial charge in [0.2, 0.25) is 5.91 Å². The molecule has 1 aliphatic heterocycles. The largest absolute Gasteiger partial charge is 0.377 e. The number of rotatable bonds is 5. The van der Waals surface area contributed by atoms with Crippen molar-refractivity contribution in [3.8, 4) is 0 Å². The molecule has 2 heterocycles. The van der Waals surface area contributed by atoms with Crippen molar-refractivity contribution in [3.63, 3.8) is 0 Å². The van der Waals surface area contributed by atoms with Crippen LogP contribution in [0.2, 0.25) is 0 Å². The highest BCUT2D eigenvalue weighted by Crippen LogP contribution is 2.49. The maximum atomic E-state index is 12.1. The van der Waals surface area contributed by atoms with Gasteiger partial charge in [0, 0.05) is 42.8 Å². The SMILES string of the molecule is C=C1c2c(cccc2C(N)=O)NC(c2ccc(CN(C)C)cc2)C1c1nccn1C. The van der Waals surface area contributed by atoms with Crippen molar-refractivity contribution in [1.82, 2.24) is 14.5 Å². The molecule has 0 spiro atoms. The molecule has 0 radical (unpaired) electrons. The maximum absolute atomic E-state index is 12.1. The van der Waals surface area contributed by atoms with Crippen molar-refractivity contribution in [1.29, 1.82) is 0 Å². The van der Waals surface area contributed by atoms with Crippen molar-refractivity contribution in [2.45, 2.75) is 18.5 Å². The summed E-state index contributed by atoms with van der Waals surface area (Å²) in [5.74, 6) is 0.289. The van der Waals surface area contributed by atoms with Crippen molar-refractivity contribution in [2.75, 3.05) is 19.4 Å². The summed E-state index contributed by atoms with van der Waals surface area (Å²) in [5, 5.41) is 3.63. The Balaban J connectivity index is 1.83. The van der Waals surface area contributed by atoms with Crippen molar-refractivity contribution < 1.29 is 4.79 Å². The van der Waals surface area contributed by atoms with E-state index in [2.05, 4.69) is 60.1 Å². The molecule has 2 atom stereocenters. The highest BCUT2D eigenvalue weighted by molar-refractivity contribution is 6.02. The van der Waals surface area contributed by atoms with Crippen LogP contribution in [0.1, 0.15) is 44.8 Å². The van der Waals surface area contributed by atoms with Gasteiger partial charge in [-0.3, -0.25) is 4.79 Å². The van der Waals surface area contributed by atoms with Crippen molar-refractivity contribution in [2.24, 2.45) is 12.8 Å². The highest BCUT2D eigenvalue weighted by Gasteiger charge is 2.37. The van der Waals surface area contributed by atoms with E-state index in [0.29, 0.717) is 5.56 Å². The van der Waals surface area contributed by atoms with E-state index < -0.39 is 5.91 Å². The molecular formula is C24H27N5O. The predicted molar refractivity (Wildman–Crippen MR) is 120 cm³/mol. The van der Waals surface area contributed by atoms with Gasteiger partial charge < -0.3 is 20.5 Å². The lowest BCUT2D eigenvalue weighted by atomic mass is 9.78. The van der Waals surface area contributed by atoms with E-state index in [4.69, 9.17) is 5.73 Å². The van der Waals surface area contributed by atoms with Crippen LogP contribution in [0, 0.1) is 0 Å². The van der Waals surface area contributed by atoms with E-state index in [1.165, 1.54) is 5.56 Å². The van der Waals surface area contributed by atoms with Gasteiger partial charge in [-0.05, 0) is 42.9 Å². The minimum atomic E-state index is -0.458. The third kappa shape index (κ3) is 3.50. The molecule has 6 nitrogen and oxygen atoms in total. The molecule has 0 saturated carbocycles. The van der Waals surface area contributed by atoms with Gasteiger partial charge in [-0.2, -0.15) is 0 Å². The number of anilines is 1. The number of benzene rings is 2. The summed E-state index contributed by atoms with van der Waals surface area (Å²) in [6.45, 7) is 5.29. The lowest BCUT2D eigenvalue weighted by molar-refractivity contribution is 0.1000. The van der Waals surface area contributed by atoms with E-state index in [0.717, 1.165) is 34.8 Å². The standard InChI is InChI=1S/C24H27N5O/c1-15-20-18(23(25)30)6-5-7-19(20)27-22(21(15)24-26-12-13-29(24)4)17-10-8-16(9-11-17)14-28(2)3/h5-13,21-22,27H,1,14H2,2-4H3,(H2,25,30). The van der Waals surface area contributed by atoms with Gasteiger partial charge in [0.1, 0.15) is 5.82 Å². The fourth-order valence-corrected chi connectivity index (χ4v) is 4.28. The normalized spacial score (nSPS) is 18.2. The van der Waals surface area contributed by atoms with Crippen LogP contribution in [0.25, 0.3) is 5.57 Å². The first-order valence-electron chi connectivity index (χ1n) is 9.96. The minimum absolute atomic E-state index is 0.0670. The number of imidazole rings is 1. The third-order valence-corrected chi connectivity index (χ3v) is 5.65. The number of amides is 1. The first kappa shape index (κ1) is 19.9. The highest BCUT2D eigenvalue weighted by atomic mass is 16.1. The van der Waals surface area contributed by atoms with Crippen LogP contribution in [-0.2, 0) is 13.6 Å². The number of hydrogen-bond acceptors (Lipinski definition) is 4. The maximum Gasteiger partial charge on any atom is 0.249 e. The Labute approximate surface area is 177 Å². The van der Waals surface area contributed by atoms with Gasteiger partial charge in [0.25, 0.3) is 0 Å². The molecule has 2 unspecified atom stereocenters. The number of nitrogens with two attached hydrogens (primary N) is 1. The lowest BCUT2D eigenvalue weighted by Crippen LogP contribution is -2.29. The van der Waals surface area contributed by atoms with Gasteiger partial charge >= 0.3 is 0 Å². The van der Waals surface area contributed by atoms with Crippen molar-refractivity contribution in [3.05, 3.63) is 89.5 Å². The van der Waals surface area contributed by atoms with Gasteiger partial charge in [0.05, 0.1) is 12.0 Å². The molecule has 0 fully saturated rings. The number of nitrogens with one attached hydrogen (secondary N) is 1. The molecule has 0 aliphatic carbocycles. The number of hydrogen-bond donors (Lipinski definition) is 2. The molecule has 6 heteroatoms. The zero-order chi connectivity index (χ0) is 21.4. The number of carbonyl (C=O) groups is 1. The predicted octanol–water partition coefficient (Wildman–Crippen LogP) is 3.54. The molecule has 3 N–H and O–H groups in total. The second kappa shape index (κ2) is 7.80. The van der Waals surface area contributed by atoms with Crippen LogP contribution in [0.5, 0.6) is 0 Å². The fourth-order valence-electron chi connectivity index (χ4n) is 4.28. The summed E-state index contributed by atoms with van der Waals surface area (Å²) in [4.78, 5) is 18.8. The molecule has 1 aromatic heterocycles. The quantitative estimate of drug-likeness (QED) is 0.686. The topological polar surface area (TPSA) is 76.2 Å². The van der Waals surface area contributed by atoms with Gasteiger partial charge in [-0.1, -0.05) is 36.9 Å². The molecule has 154 valence electrons. The number of carbonyl (C=O) groups excluding carboxylic acids is 1. The Kier molecular flexibility index (Phi) is 5.18. The number of fused-ring (bicyclic) bond motifs is 1. The Bertz CT molecular complexity index is 1100. The number of aryl methyl sites for hydroxylation is 1. The smallest absolute Gasteiger partial charge is 0.249 e. The van der Waals surface area contributed by atoms with E-state index >= 15 is 0 Å². The molecule has 4 rings (SSSR count). The summed E-state index contributed by atoms with van der Waals surface area (Å²) in [6.07, 6.45) is 3.71. The van der Waals surface area contributed by atoms with Gasteiger partial charge in [-0.15, -0.1) is 0 Å². The Hall–Kier alpha value is -3.38. The van der Waals surface area contributed by atoms with Gasteiger partial charge in [0.15, 0.2) is 0 Å². The minimum Gasteiger partial charge on any atom is -0.377 e. The van der Waals surface area contributed by atoms with E-state index in [9.17, 15) is 4.79 Å². The molecule has 30 heavy (non-hydrogen) atoms. The summed E-state index contributed by atoms with van der Waals surface area (Å²) in [5.41, 5.74) is 11.0. The van der Waals surface area contributed by atoms with E-state index in [-0.39, 0.29) is 12.0 Å².